The van der Waals surface area contributed by atoms with Gasteiger partial charge in [-0.1, -0.05) is 25.3 Å². The fourth-order valence-electron chi connectivity index (χ4n) is 3.12. The summed E-state index contributed by atoms with van der Waals surface area (Å²) in [7, 11) is 0. The summed E-state index contributed by atoms with van der Waals surface area (Å²) >= 11 is 0. The maximum atomic E-state index is 12.2. The quantitative estimate of drug-likeness (QED) is 0.712. The van der Waals surface area contributed by atoms with Crippen LogP contribution < -0.4 is 16.2 Å². The Kier molecular flexibility index (Phi) is 6.30. The normalized spacial score (nSPS) is 14.5. The van der Waals surface area contributed by atoms with Crippen LogP contribution in [0.4, 0.5) is 0 Å². The molecule has 0 aliphatic heterocycles. The molecule has 8 heteroatoms. The highest BCUT2D eigenvalue weighted by atomic mass is 16.2. The van der Waals surface area contributed by atoms with E-state index in [0.717, 1.165) is 25.7 Å². The van der Waals surface area contributed by atoms with Gasteiger partial charge in [0.1, 0.15) is 11.3 Å². The lowest BCUT2D eigenvalue weighted by Gasteiger charge is -2.22. The maximum absolute atomic E-state index is 12.2. The van der Waals surface area contributed by atoms with Crippen molar-refractivity contribution in [3.8, 4) is 11.5 Å². The zero-order chi connectivity index (χ0) is 19.1. The molecule has 8 nitrogen and oxygen atoms in total. The first-order chi connectivity index (χ1) is 13.1. The fraction of sp³-hybridized carbons (Fsp3) is 0.421. The van der Waals surface area contributed by atoms with Crippen molar-refractivity contribution in [2.75, 3.05) is 6.54 Å². The Hall–Kier alpha value is -3.03. The molecule has 1 aliphatic carbocycles. The molecule has 3 N–H and O–H groups in total. The topological polar surface area (TPSA) is 117 Å². The van der Waals surface area contributed by atoms with Crippen molar-refractivity contribution in [1.82, 2.24) is 25.6 Å². The molecule has 27 heavy (non-hydrogen) atoms. The van der Waals surface area contributed by atoms with E-state index in [1.54, 1.807) is 24.4 Å². The Morgan fingerprint density at radius 2 is 1.96 bits per heavy atom. The van der Waals surface area contributed by atoms with E-state index in [4.69, 9.17) is 0 Å². The third-order valence-corrected chi connectivity index (χ3v) is 4.56. The summed E-state index contributed by atoms with van der Waals surface area (Å²) in [6.07, 6.45) is 8.54. The van der Waals surface area contributed by atoms with E-state index in [2.05, 4.69) is 25.6 Å². The number of pyridine rings is 1. The SMILES string of the molecule is O=C(CCNC(=O)c1cnc(-c2ccccn2)[nH]c1=O)NC1CCCCC1. The molecule has 0 aromatic carbocycles. The van der Waals surface area contributed by atoms with Crippen molar-refractivity contribution in [2.45, 2.75) is 44.6 Å². The first-order valence-corrected chi connectivity index (χ1v) is 9.22. The number of hydrogen-bond donors (Lipinski definition) is 3. The van der Waals surface area contributed by atoms with Crippen molar-refractivity contribution in [3.63, 3.8) is 0 Å². The van der Waals surface area contributed by atoms with Gasteiger partial charge in [-0.15, -0.1) is 0 Å². The van der Waals surface area contributed by atoms with E-state index in [1.807, 2.05) is 0 Å². The molecule has 1 saturated carbocycles. The highest BCUT2D eigenvalue weighted by Gasteiger charge is 2.16. The number of aromatic nitrogens is 3. The molecule has 1 aliphatic rings. The van der Waals surface area contributed by atoms with E-state index in [0.29, 0.717) is 11.5 Å². The largest absolute Gasteiger partial charge is 0.353 e. The van der Waals surface area contributed by atoms with Crippen LogP contribution in [0.1, 0.15) is 48.9 Å². The van der Waals surface area contributed by atoms with Crippen LogP contribution in [0.2, 0.25) is 0 Å². The predicted molar refractivity (Wildman–Crippen MR) is 100 cm³/mol. The Balaban J connectivity index is 1.50. The van der Waals surface area contributed by atoms with Crippen molar-refractivity contribution >= 4 is 11.8 Å². The van der Waals surface area contributed by atoms with Crippen LogP contribution in [0, 0.1) is 0 Å². The lowest BCUT2D eigenvalue weighted by Crippen LogP contribution is -2.38. The lowest BCUT2D eigenvalue weighted by molar-refractivity contribution is -0.121. The van der Waals surface area contributed by atoms with Gasteiger partial charge in [-0.25, -0.2) is 4.98 Å². The van der Waals surface area contributed by atoms with Gasteiger partial charge in [0.05, 0.1) is 0 Å². The summed E-state index contributed by atoms with van der Waals surface area (Å²) in [4.78, 5) is 47.0. The number of hydrogen-bond acceptors (Lipinski definition) is 5. The van der Waals surface area contributed by atoms with Crippen LogP contribution >= 0.6 is 0 Å². The number of amides is 2. The van der Waals surface area contributed by atoms with Crippen LogP contribution in [0.3, 0.4) is 0 Å². The molecule has 0 atom stereocenters. The molecule has 2 aromatic heterocycles. The monoisotopic (exact) mass is 369 g/mol. The molecule has 2 aromatic rings. The molecule has 2 heterocycles. The Morgan fingerprint density at radius 3 is 2.67 bits per heavy atom. The van der Waals surface area contributed by atoms with E-state index in [9.17, 15) is 14.4 Å². The van der Waals surface area contributed by atoms with Gasteiger partial charge in [0.2, 0.25) is 5.91 Å². The van der Waals surface area contributed by atoms with Crippen molar-refractivity contribution < 1.29 is 9.59 Å². The highest BCUT2D eigenvalue weighted by molar-refractivity contribution is 5.93. The second kappa shape index (κ2) is 9.07. The molecule has 0 radical (unpaired) electrons. The van der Waals surface area contributed by atoms with E-state index in [1.165, 1.54) is 12.6 Å². The van der Waals surface area contributed by atoms with Gasteiger partial charge in [0, 0.05) is 31.4 Å². The van der Waals surface area contributed by atoms with Crippen molar-refractivity contribution in [3.05, 3.63) is 46.5 Å². The van der Waals surface area contributed by atoms with Gasteiger partial charge in [0.15, 0.2) is 5.82 Å². The summed E-state index contributed by atoms with van der Waals surface area (Å²) in [5, 5.41) is 5.58. The zero-order valence-corrected chi connectivity index (χ0v) is 15.0. The van der Waals surface area contributed by atoms with Crippen LogP contribution in [-0.4, -0.2) is 39.4 Å². The van der Waals surface area contributed by atoms with Crippen LogP contribution in [-0.2, 0) is 4.79 Å². The minimum absolute atomic E-state index is 0.0836. The minimum Gasteiger partial charge on any atom is -0.353 e. The van der Waals surface area contributed by atoms with E-state index >= 15 is 0 Å². The summed E-state index contributed by atoms with van der Waals surface area (Å²) in [5.74, 6) is -0.342. The predicted octanol–water partition coefficient (Wildman–Crippen LogP) is 1.40. The van der Waals surface area contributed by atoms with Gasteiger partial charge in [-0.2, -0.15) is 0 Å². The second-order valence-corrected chi connectivity index (χ2v) is 6.60. The number of H-pyrrole nitrogens is 1. The number of nitrogens with one attached hydrogen (secondary N) is 3. The number of rotatable bonds is 6. The second-order valence-electron chi connectivity index (χ2n) is 6.60. The third-order valence-electron chi connectivity index (χ3n) is 4.56. The number of nitrogens with zero attached hydrogens (tertiary/aromatic N) is 2. The summed E-state index contributed by atoms with van der Waals surface area (Å²) in [6.45, 7) is 0.165. The first kappa shape index (κ1) is 18.8. The Bertz CT molecular complexity index is 844. The van der Waals surface area contributed by atoms with E-state index in [-0.39, 0.29) is 30.5 Å². The van der Waals surface area contributed by atoms with E-state index < -0.39 is 11.5 Å². The van der Waals surface area contributed by atoms with Gasteiger partial charge in [-0.05, 0) is 25.0 Å². The summed E-state index contributed by atoms with van der Waals surface area (Å²) < 4.78 is 0. The molecule has 0 unspecified atom stereocenters. The molecule has 3 rings (SSSR count). The Labute approximate surface area is 156 Å². The standard InChI is InChI=1S/C19H23N5O3/c25-16(23-13-6-2-1-3-7-13)9-11-21-18(26)14-12-22-17(24-19(14)27)15-8-4-5-10-20-15/h4-5,8,10,12-13H,1-3,6-7,9,11H2,(H,21,26)(H,23,25)(H,22,24,27). The third kappa shape index (κ3) is 5.22. The summed E-state index contributed by atoms with van der Waals surface area (Å²) in [6, 6.07) is 5.49. The molecular formula is C19H23N5O3. The zero-order valence-electron chi connectivity index (χ0n) is 15.0. The maximum Gasteiger partial charge on any atom is 0.264 e. The average Bonchev–Trinajstić information content (AvgIpc) is 2.69. The van der Waals surface area contributed by atoms with Gasteiger partial charge in [-0.3, -0.25) is 19.4 Å². The minimum atomic E-state index is -0.554. The smallest absolute Gasteiger partial charge is 0.264 e. The highest BCUT2D eigenvalue weighted by Crippen LogP contribution is 2.17. The van der Waals surface area contributed by atoms with Gasteiger partial charge < -0.3 is 15.6 Å². The molecule has 142 valence electrons. The number of carbonyl (C=O) groups is 2. The molecule has 0 spiro atoms. The number of aromatic amines is 1. The molecule has 2 amide bonds. The Morgan fingerprint density at radius 1 is 1.15 bits per heavy atom. The van der Waals surface area contributed by atoms with Crippen molar-refractivity contribution in [1.29, 1.82) is 0 Å². The molecule has 0 bridgehead atoms. The van der Waals surface area contributed by atoms with Gasteiger partial charge in [0.25, 0.3) is 11.5 Å². The fourth-order valence-corrected chi connectivity index (χ4v) is 3.12. The lowest BCUT2D eigenvalue weighted by atomic mass is 9.95. The van der Waals surface area contributed by atoms with Gasteiger partial charge >= 0.3 is 0 Å². The number of carbonyl (C=O) groups excluding carboxylic acids is 2. The molecular weight excluding hydrogens is 346 g/mol. The van der Waals surface area contributed by atoms with Crippen LogP contribution in [0.5, 0.6) is 0 Å². The first-order valence-electron chi connectivity index (χ1n) is 9.22. The molecule has 0 saturated heterocycles. The van der Waals surface area contributed by atoms with Crippen LogP contribution in [0.25, 0.3) is 11.5 Å². The van der Waals surface area contributed by atoms with Crippen molar-refractivity contribution in [2.24, 2.45) is 0 Å². The molecule has 1 fully saturated rings. The average molecular weight is 369 g/mol. The summed E-state index contributed by atoms with van der Waals surface area (Å²) in [5.41, 5.74) is -0.127. The van der Waals surface area contributed by atoms with Crippen LogP contribution in [0.15, 0.2) is 35.4 Å².